The number of nitrogens with one attached hydrogen (secondary N) is 1. The minimum absolute atomic E-state index is 0.00867. The van der Waals surface area contributed by atoms with Crippen LogP contribution in [-0.2, 0) is 0 Å². The largest absolute Gasteiger partial charge is 0.317 e. The number of thiol groups is 1. The van der Waals surface area contributed by atoms with Crippen molar-refractivity contribution in [1.29, 1.82) is 0 Å². The maximum Gasteiger partial charge on any atom is 0.0735 e. The van der Waals surface area contributed by atoms with Crippen molar-refractivity contribution in [2.24, 2.45) is 5.92 Å². The molecule has 0 saturated heterocycles. The van der Waals surface area contributed by atoms with E-state index in [1.807, 2.05) is 7.05 Å². The lowest BCUT2D eigenvalue weighted by molar-refractivity contribution is 0.303. The van der Waals surface area contributed by atoms with Gasteiger partial charge in [-0.15, -0.1) is 0 Å². The van der Waals surface area contributed by atoms with Gasteiger partial charge in [0.15, 0.2) is 0 Å². The summed E-state index contributed by atoms with van der Waals surface area (Å²) in [7, 11) is 19.5. The Bertz CT molecular complexity index is 167. The summed E-state index contributed by atoms with van der Waals surface area (Å²) in [5.41, 5.74) is 0. The van der Waals surface area contributed by atoms with Gasteiger partial charge < -0.3 is 5.32 Å². The van der Waals surface area contributed by atoms with Crippen LogP contribution in [0.5, 0.6) is 0 Å². The summed E-state index contributed by atoms with van der Waals surface area (Å²) in [6.07, 6.45) is 1.54. The van der Waals surface area contributed by atoms with Crippen LogP contribution in [0.4, 0.5) is 0 Å². The van der Waals surface area contributed by atoms with Crippen LogP contribution >= 0.6 is 12.6 Å². The summed E-state index contributed by atoms with van der Waals surface area (Å²) in [6, 6.07) is 0.243. The first-order chi connectivity index (χ1) is 6.11. The van der Waals surface area contributed by atoms with Gasteiger partial charge in [0.05, 0.1) is 23.5 Å². The molecule has 1 aliphatic rings. The molecule has 0 aromatic rings. The van der Waals surface area contributed by atoms with Crippen LogP contribution in [0.15, 0.2) is 0 Å². The minimum Gasteiger partial charge on any atom is -0.317 e. The highest BCUT2D eigenvalue weighted by atomic mass is 32.1. The first-order valence-electron chi connectivity index (χ1n) is 4.68. The second kappa shape index (κ2) is 4.83. The second-order valence-electron chi connectivity index (χ2n) is 3.78. The van der Waals surface area contributed by atoms with Gasteiger partial charge in [0.2, 0.25) is 0 Å². The Balaban J connectivity index is 2.69. The molecule has 5 atom stereocenters. The summed E-state index contributed by atoms with van der Waals surface area (Å²) in [4.78, 5) is 0. The second-order valence-corrected chi connectivity index (χ2v) is 4.37. The summed E-state index contributed by atoms with van der Waals surface area (Å²) in [5.74, 6) is 0.431. The third-order valence-corrected chi connectivity index (χ3v) is 3.69. The van der Waals surface area contributed by atoms with E-state index in [0.717, 1.165) is 6.42 Å². The van der Waals surface area contributed by atoms with E-state index in [4.69, 9.17) is 23.5 Å². The lowest BCUT2D eigenvalue weighted by Crippen LogP contribution is -2.46. The van der Waals surface area contributed by atoms with E-state index >= 15 is 0 Å². The Hall–Kier alpha value is 0.505. The molecule has 0 amide bonds. The van der Waals surface area contributed by atoms with E-state index in [1.54, 1.807) is 0 Å². The van der Waals surface area contributed by atoms with Gasteiger partial charge in [0.25, 0.3) is 0 Å². The van der Waals surface area contributed by atoms with E-state index in [1.165, 1.54) is 0 Å². The predicted octanol–water partition coefficient (Wildman–Crippen LogP) is 0.393. The van der Waals surface area contributed by atoms with E-state index < -0.39 is 0 Å². The normalized spacial score (nSPS) is 46.2. The Morgan fingerprint density at radius 2 is 2.08 bits per heavy atom. The van der Waals surface area contributed by atoms with Crippen molar-refractivity contribution >= 4 is 36.2 Å². The standard InChI is InChI=1S/C8H14B3NS/c1-12-7-4(3-9)2-5(10)8(13)6(7)11/h4-8,12-13H,2-3H2,1H3. The molecule has 0 spiro atoms. The quantitative estimate of drug-likeness (QED) is 0.472. The van der Waals surface area contributed by atoms with E-state index in [-0.39, 0.29) is 22.9 Å². The van der Waals surface area contributed by atoms with Gasteiger partial charge in [-0.1, -0.05) is 24.4 Å². The average molecular weight is 189 g/mol. The zero-order valence-corrected chi connectivity index (χ0v) is 8.87. The molecule has 1 rings (SSSR count). The van der Waals surface area contributed by atoms with Crippen molar-refractivity contribution in [2.75, 3.05) is 7.05 Å². The van der Waals surface area contributed by atoms with Crippen LogP contribution in [-0.4, -0.2) is 41.9 Å². The van der Waals surface area contributed by atoms with Crippen LogP contribution in [0.3, 0.4) is 0 Å². The van der Waals surface area contributed by atoms with Crippen molar-refractivity contribution in [3.8, 4) is 0 Å². The van der Waals surface area contributed by atoms with Gasteiger partial charge in [-0.25, -0.2) is 0 Å². The topological polar surface area (TPSA) is 12.0 Å². The van der Waals surface area contributed by atoms with Crippen molar-refractivity contribution in [3.63, 3.8) is 0 Å². The molecule has 1 N–H and O–H groups in total. The highest BCUT2D eigenvalue weighted by Gasteiger charge is 2.36. The molecule has 0 bridgehead atoms. The molecule has 66 valence electrons. The Kier molecular flexibility index (Phi) is 4.31. The zero-order valence-electron chi connectivity index (χ0n) is 7.98. The first kappa shape index (κ1) is 11.6. The van der Waals surface area contributed by atoms with Crippen molar-refractivity contribution in [3.05, 3.63) is 0 Å². The molecular weight excluding hydrogens is 175 g/mol. The van der Waals surface area contributed by atoms with E-state index in [2.05, 4.69) is 17.9 Å². The van der Waals surface area contributed by atoms with Crippen LogP contribution in [0, 0.1) is 5.92 Å². The predicted molar refractivity (Wildman–Crippen MR) is 63.3 cm³/mol. The fourth-order valence-corrected chi connectivity index (χ4v) is 2.43. The highest BCUT2D eigenvalue weighted by Crippen LogP contribution is 2.41. The molecule has 13 heavy (non-hydrogen) atoms. The summed E-state index contributed by atoms with van der Waals surface area (Å²) in [5, 5.41) is 3.27. The molecule has 1 fully saturated rings. The van der Waals surface area contributed by atoms with E-state index in [9.17, 15) is 0 Å². The Morgan fingerprint density at radius 3 is 2.54 bits per heavy atom. The maximum absolute atomic E-state index is 6.01. The highest BCUT2D eigenvalue weighted by molar-refractivity contribution is 7.81. The first-order valence-corrected chi connectivity index (χ1v) is 5.20. The SMILES string of the molecule is [B]CC1CC([B])C(S)C([B])C1NC. The van der Waals surface area contributed by atoms with Gasteiger partial charge in [0, 0.05) is 6.04 Å². The van der Waals surface area contributed by atoms with Crippen molar-refractivity contribution in [1.82, 2.24) is 5.32 Å². The Labute approximate surface area is 90.4 Å². The van der Waals surface area contributed by atoms with Crippen molar-refractivity contribution < 1.29 is 0 Å². The lowest BCUT2D eigenvalue weighted by atomic mass is 9.56. The Morgan fingerprint density at radius 1 is 1.46 bits per heavy atom. The van der Waals surface area contributed by atoms with Crippen LogP contribution in [0.1, 0.15) is 6.42 Å². The fraction of sp³-hybridized carbons (Fsp3) is 1.00. The summed E-state index contributed by atoms with van der Waals surface area (Å²) >= 11 is 4.41. The molecule has 0 aromatic heterocycles. The molecule has 0 heterocycles. The number of hydrogen-bond acceptors (Lipinski definition) is 2. The van der Waals surface area contributed by atoms with Crippen molar-refractivity contribution in [2.45, 2.75) is 35.7 Å². The lowest BCUT2D eigenvalue weighted by Gasteiger charge is -2.44. The van der Waals surface area contributed by atoms with Crippen LogP contribution in [0.25, 0.3) is 0 Å². The monoisotopic (exact) mass is 189 g/mol. The fourth-order valence-electron chi connectivity index (χ4n) is 2.12. The molecule has 6 radical (unpaired) electrons. The molecule has 1 nitrogen and oxygen atoms in total. The van der Waals surface area contributed by atoms with Gasteiger partial charge >= 0.3 is 0 Å². The molecule has 0 aromatic carbocycles. The van der Waals surface area contributed by atoms with Crippen LogP contribution in [0.2, 0.25) is 18.0 Å². The number of rotatable bonds is 2. The third-order valence-electron chi connectivity index (χ3n) is 2.97. The molecule has 1 saturated carbocycles. The van der Waals surface area contributed by atoms with Gasteiger partial charge in [-0.05, 0) is 18.2 Å². The van der Waals surface area contributed by atoms with Gasteiger partial charge in [-0.2, -0.15) is 12.6 Å². The molecule has 5 unspecified atom stereocenters. The molecule has 0 aliphatic heterocycles. The van der Waals surface area contributed by atoms with E-state index in [0.29, 0.717) is 12.2 Å². The smallest absolute Gasteiger partial charge is 0.0735 e. The average Bonchev–Trinajstić information content (AvgIpc) is 2.13. The molecule has 1 aliphatic carbocycles. The third kappa shape index (κ3) is 2.30. The van der Waals surface area contributed by atoms with Gasteiger partial charge in [0.1, 0.15) is 0 Å². The summed E-state index contributed by atoms with van der Waals surface area (Å²) < 4.78 is 0. The maximum atomic E-state index is 6.01. The minimum atomic E-state index is -0.00867. The van der Waals surface area contributed by atoms with Gasteiger partial charge in [-0.3, -0.25) is 0 Å². The molecule has 5 heteroatoms. The van der Waals surface area contributed by atoms with Crippen LogP contribution < -0.4 is 5.32 Å². The summed E-state index contributed by atoms with van der Waals surface area (Å²) in [6.45, 7) is 0. The molecular formula is C8H14B3NS. The number of hydrogen-bond donors (Lipinski definition) is 2. The zero-order chi connectivity index (χ0) is 10.0.